The van der Waals surface area contributed by atoms with Crippen LogP contribution in [0.15, 0.2) is 24.5 Å². The minimum atomic E-state index is -0.332. The van der Waals surface area contributed by atoms with Crippen molar-refractivity contribution in [1.82, 2.24) is 14.8 Å². The molecular formula is C19H25N3O3. The Hall–Kier alpha value is -1.95. The SMILES string of the molecule is COC1C(=O)N(CC2CC2)C12CCN(C(=O)Cc1cccnc1)CC2. The molecule has 2 aliphatic heterocycles. The van der Waals surface area contributed by atoms with Gasteiger partial charge in [-0.3, -0.25) is 14.6 Å². The second-order valence-corrected chi connectivity index (χ2v) is 7.53. The van der Waals surface area contributed by atoms with Gasteiger partial charge >= 0.3 is 0 Å². The number of carbonyl (C=O) groups excluding carboxylic acids is 2. The van der Waals surface area contributed by atoms with Crippen molar-refractivity contribution in [2.75, 3.05) is 26.7 Å². The van der Waals surface area contributed by atoms with Crippen LogP contribution in [-0.4, -0.2) is 65.0 Å². The van der Waals surface area contributed by atoms with Crippen molar-refractivity contribution in [1.29, 1.82) is 0 Å². The van der Waals surface area contributed by atoms with Gasteiger partial charge in [0.25, 0.3) is 5.91 Å². The smallest absolute Gasteiger partial charge is 0.254 e. The Morgan fingerprint density at radius 2 is 2.12 bits per heavy atom. The van der Waals surface area contributed by atoms with Crippen LogP contribution in [0.5, 0.6) is 0 Å². The lowest BCUT2D eigenvalue weighted by atomic mass is 9.72. The number of rotatable bonds is 5. The van der Waals surface area contributed by atoms with Gasteiger partial charge < -0.3 is 14.5 Å². The third-order valence-corrected chi connectivity index (χ3v) is 5.95. The maximum Gasteiger partial charge on any atom is 0.254 e. The summed E-state index contributed by atoms with van der Waals surface area (Å²) in [6, 6.07) is 3.78. The van der Waals surface area contributed by atoms with Crippen molar-refractivity contribution in [3.63, 3.8) is 0 Å². The molecule has 1 spiro atoms. The summed E-state index contributed by atoms with van der Waals surface area (Å²) in [5.74, 6) is 0.935. The first-order valence-corrected chi connectivity index (χ1v) is 9.15. The molecule has 0 N–H and O–H groups in total. The van der Waals surface area contributed by atoms with E-state index in [1.165, 1.54) is 12.8 Å². The van der Waals surface area contributed by atoms with Crippen LogP contribution in [-0.2, 0) is 20.7 Å². The molecule has 1 saturated carbocycles. The van der Waals surface area contributed by atoms with E-state index in [-0.39, 0.29) is 23.5 Å². The summed E-state index contributed by atoms with van der Waals surface area (Å²) in [4.78, 5) is 33.0. The van der Waals surface area contributed by atoms with Gasteiger partial charge in [0, 0.05) is 39.1 Å². The molecule has 134 valence electrons. The highest BCUT2D eigenvalue weighted by molar-refractivity contribution is 5.90. The fraction of sp³-hybridized carbons (Fsp3) is 0.632. The minimum absolute atomic E-state index is 0.129. The van der Waals surface area contributed by atoms with Crippen LogP contribution in [0.1, 0.15) is 31.2 Å². The van der Waals surface area contributed by atoms with Crippen molar-refractivity contribution in [3.05, 3.63) is 30.1 Å². The fourth-order valence-corrected chi connectivity index (χ4v) is 4.28. The maximum atomic E-state index is 12.6. The van der Waals surface area contributed by atoms with E-state index in [1.807, 2.05) is 21.9 Å². The highest BCUT2D eigenvalue weighted by atomic mass is 16.5. The molecule has 2 saturated heterocycles. The first-order chi connectivity index (χ1) is 12.1. The zero-order valence-electron chi connectivity index (χ0n) is 14.7. The number of ether oxygens (including phenoxy) is 1. The minimum Gasteiger partial charge on any atom is -0.369 e. The number of amides is 2. The van der Waals surface area contributed by atoms with Crippen LogP contribution in [0.2, 0.25) is 0 Å². The number of likely N-dealkylation sites (tertiary alicyclic amines) is 2. The summed E-state index contributed by atoms with van der Waals surface area (Å²) in [5, 5.41) is 0. The summed E-state index contributed by atoms with van der Waals surface area (Å²) in [6.45, 7) is 2.24. The number of methoxy groups -OCH3 is 1. The van der Waals surface area contributed by atoms with Crippen molar-refractivity contribution in [2.24, 2.45) is 5.92 Å². The monoisotopic (exact) mass is 343 g/mol. The van der Waals surface area contributed by atoms with E-state index in [1.54, 1.807) is 19.5 Å². The van der Waals surface area contributed by atoms with E-state index in [9.17, 15) is 9.59 Å². The number of nitrogens with zero attached hydrogens (tertiary/aromatic N) is 3. The molecule has 0 aromatic carbocycles. The molecule has 3 heterocycles. The zero-order chi connectivity index (χ0) is 17.4. The molecule has 3 fully saturated rings. The Morgan fingerprint density at radius 1 is 1.36 bits per heavy atom. The number of carbonyl (C=O) groups is 2. The average molecular weight is 343 g/mol. The van der Waals surface area contributed by atoms with Crippen LogP contribution >= 0.6 is 0 Å². The molecule has 1 unspecified atom stereocenters. The van der Waals surface area contributed by atoms with Crippen LogP contribution in [0, 0.1) is 5.92 Å². The molecule has 25 heavy (non-hydrogen) atoms. The molecule has 1 atom stereocenters. The Balaban J connectivity index is 1.39. The number of β-lactam (4-membered cyclic amide) rings is 1. The lowest BCUT2D eigenvalue weighted by Crippen LogP contribution is -2.77. The number of piperidine rings is 1. The van der Waals surface area contributed by atoms with Crippen molar-refractivity contribution in [3.8, 4) is 0 Å². The number of aromatic nitrogens is 1. The van der Waals surface area contributed by atoms with Gasteiger partial charge in [-0.25, -0.2) is 0 Å². The molecular weight excluding hydrogens is 318 g/mol. The van der Waals surface area contributed by atoms with Gasteiger partial charge in [-0.1, -0.05) is 6.07 Å². The van der Waals surface area contributed by atoms with Crippen LogP contribution in [0.25, 0.3) is 0 Å². The quantitative estimate of drug-likeness (QED) is 0.755. The first kappa shape index (κ1) is 16.5. The second-order valence-electron chi connectivity index (χ2n) is 7.53. The summed E-state index contributed by atoms with van der Waals surface area (Å²) in [6.07, 6.45) is 7.59. The highest BCUT2D eigenvalue weighted by Gasteiger charge is 2.61. The fourth-order valence-electron chi connectivity index (χ4n) is 4.28. The van der Waals surface area contributed by atoms with Gasteiger partial charge in [0.2, 0.25) is 5.91 Å². The Morgan fingerprint density at radius 3 is 2.72 bits per heavy atom. The van der Waals surface area contributed by atoms with Crippen LogP contribution in [0.4, 0.5) is 0 Å². The van der Waals surface area contributed by atoms with Crippen molar-refractivity contribution in [2.45, 2.75) is 43.7 Å². The number of hydrogen-bond donors (Lipinski definition) is 0. The molecule has 2 amide bonds. The zero-order valence-corrected chi connectivity index (χ0v) is 14.7. The first-order valence-electron chi connectivity index (χ1n) is 9.15. The molecule has 1 aromatic heterocycles. The number of hydrogen-bond acceptors (Lipinski definition) is 4. The number of pyridine rings is 1. The molecule has 6 heteroatoms. The van der Waals surface area contributed by atoms with Gasteiger partial charge in [0.1, 0.15) is 0 Å². The molecule has 0 bridgehead atoms. The Bertz CT molecular complexity index is 651. The second kappa shape index (κ2) is 6.41. The van der Waals surface area contributed by atoms with E-state index < -0.39 is 0 Å². The van der Waals surface area contributed by atoms with E-state index in [0.29, 0.717) is 25.4 Å². The highest BCUT2D eigenvalue weighted by Crippen LogP contribution is 2.45. The molecule has 3 aliphatic rings. The van der Waals surface area contributed by atoms with Gasteiger partial charge in [0.05, 0.1) is 12.0 Å². The Kier molecular flexibility index (Phi) is 4.23. The normalized spacial score (nSPS) is 25.2. The summed E-state index contributed by atoms with van der Waals surface area (Å²) in [7, 11) is 1.62. The van der Waals surface area contributed by atoms with E-state index in [2.05, 4.69) is 4.98 Å². The van der Waals surface area contributed by atoms with Gasteiger partial charge in [-0.2, -0.15) is 0 Å². The van der Waals surface area contributed by atoms with Gasteiger partial charge in [-0.15, -0.1) is 0 Å². The van der Waals surface area contributed by atoms with Crippen molar-refractivity contribution >= 4 is 11.8 Å². The summed E-state index contributed by atoms with van der Waals surface area (Å²) in [5.41, 5.74) is 0.746. The van der Waals surface area contributed by atoms with Gasteiger partial charge in [-0.05, 0) is 43.2 Å². The third kappa shape index (κ3) is 2.92. The standard InChI is InChI=1S/C19H25N3O3/c1-25-17-18(24)22(13-14-4-5-14)19(17)6-9-21(10-7-19)16(23)11-15-3-2-8-20-12-15/h2-3,8,12,14,17H,4-7,9-11,13H2,1H3. The third-order valence-electron chi connectivity index (χ3n) is 5.95. The topological polar surface area (TPSA) is 62.7 Å². The van der Waals surface area contributed by atoms with Crippen LogP contribution in [0.3, 0.4) is 0 Å². The molecule has 0 radical (unpaired) electrons. The predicted octanol–water partition coefficient (Wildman–Crippen LogP) is 1.25. The van der Waals surface area contributed by atoms with Gasteiger partial charge in [0.15, 0.2) is 6.10 Å². The van der Waals surface area contributed by atoms with E-state index in [4.69, 9.17) is 4.74 Å². The average Bonchev–Trinajstić information content (AvgIpc) is 3.46. The largest absolute Gasteiger partial charge is 0.369 e. The summed E-state index contributed by atoms with van der Waals surface area (Å²) < 4.78 is 5.51. The van der Waals surface area contributed by atoms with Crippen LogP contribution < -0.4 is 0 Å². The predicted molar refractivity (Wildman–Crippen MR) is 91.7 cm³/mol. The molecule has 1 aliphatic carbocycles. The molecule has 4 rings (SSSR count). The lowest BCUT2D eigenvalue weighted by molar-refractivity contribution is -0.199. The maximum absolute atomic E-state index is 12.6. The molecule has 1 aromatic rings. The van der Waals surface area contributed by atoms with E-state index in [0.717, 1.165) is 24.9 Å². The van der Waals surface area contributed by atoms with Crippen molar-refractivity contribution < 1.29 is 14.3 Å². The lowest BCUT2D eigenvalue weighted by Gasteiger charge is -2.59. The Labute approximate surface area is 148 Å². The molecule has 6 nitrogen and oxygen atoms in total. The summed E-state index contributed by atoms with van der Waals surface area (Å²) >= 11 is 0. The van der Waals surface area contributed by atoms with E-state index >= 15 is 0 Å².